The molecule has 0 aromatic heterocycles. The van der Waals surface area contributed by atoms with Gasteiger partial charge in [0.05, 0.1) is 19.0 Å². The van der Waals surface area contributed by atoms with Crippen LogP contribution in [0.25, 0.3) is 0 Å². The molecule has 9 atom stereocenters. The van der Waals surface area contributed by atoms with Gasteiger partial charge in [0.2, 0.25) is 59.1 Å². The minimum Gasteiger partial charge on any atom is -0.508 e. The quantitative estimate of drug-likeness (QED) is 0.0734. The smallest absolute Gasteiger partial charge is 0.326 e. The number of phenols is 1. The molecule has 2 aliphatic heterocycles. The molecule has 2 heterocycles. The predicted octanol–water partition coefficient (Wildman–Crippen LogP) is -3.01. The lowest BCUT2D eigenvalue weighted by molar-refractivity contribution is -0.145. The number of nitrogens with two attached hydrogens (primary N) is 3. The Kier molecular flexibility index (Phi) is 23.0. The van der Waals surface area contributed by atoms with Gasteiger partial charge >= 0.3 is 5.97 Å². The highest BCUT2D eigenvalue weighted by atomic mass is 33.1. The summed E-state index contributed by atoms with van der Waals surface area (Å²) >= 11 is 0. The maximum atomic E-state index is 14.4. The summed E-state index contributed by atoms with van der Waals surface area (Å²) < 4.78 is 0. The van der Waals surface area contributed by atoms with Crippen molar-refractivity contribution in [3.63, 3.8) is 0 Å². The predicted molar refractivity (Wildman–Crippen MR) is 253 cm³/mol. The van der Waals surface area contributed by atoms with E-state index in [-0.39, 0.29) is 49.0 Å². The Morgan fingerprint density at radius 3 is 2.07 bits per heavy atom. The summed E-state index contributed by atoms with van der Waals surface area (Å²) in [4.78, 5) is 147. The molecule has 0 aliphatic carbocycles. The summed E-state index contributed by atoms with van der Waals surface area (Å²) in [6, 6.07) is -5.33. The largest absolute Gasteiger partial charge is 0.508 e. The minimum absolute atomic E-state index is 0.0534. The van der Waals surface area contributed by atoms with Gasteiger partial charge in [-0.15, -0.1) is 0 Å². The van der Waals surface area contributed by atoms with E-state index in [2.05, 4.69) is 37.2 Å². The van der Waals surface area contributed by atoms with Crippen LogP contribution in [-0.2, 0) is 59.2 Å². The highest BCUT2D eigenvalue weighted by molar-refractivity contribution is 8.76. The molecule has 0 unspecified atom stereocenters. The van der Waals surface area contributed by atoms with Crippen molar-refractivity contribution in [3.8, 4) is 5.75 Å². The zero-order chi connectivity index (χ0) is 51.5. The number of likely N-dealkylation sites (tertiary alicyclic amines) is 1. The number of carboxylic acids is 1. The van der Waals surface area contributed by atoms with E-state index in [4.69, 9.17) is 17.2 Å². The van der Waals surface area contributed by atoms with Gasteiger partial charge < -0.3 is 69.5 Å². The Bertz CT molecular complexity index is 2050. The second-order valence-electron chi connectivity index (χ2n) is 17.3. The molecule has 0 radical (unpaired) electrons. The second-order valence-corrected chi connectivity index (χ2v) is 19.9. The van der Waals surface area contributed by atoms with Gasteiger partial charge in [-0.3, -0.25) is 47.9 Å². The third-order valence-corrected chi connectivity index (χ3v) is 13.7. The Labute approximate surface area is 407 Å². The molecule has 3 rings (SSSR count). The third-order valence-electron chi connectivity index (χ3n) is 11.3. The highest BCUT2D eigenvalue weighted by Gasteiger charge is 2.40. The number of nitrogens with one attached hydrogen (secondary N) is 7. The van der Waals surface area contributed by atoms with Crippen LogP contribution in [0.1, 0.15) is 78.2 Å². The van der Waals surface area contributed by atoms with Crippen molar-refractivity contribution in [2.75, 3.05) is 24.6 Å². The van der Waals surface area contributed by atoms with Crippen LogP contribution in [0.15, 0.2) is 24.3 Å². The van der Waals surface area contributed by atoms with Crippen molar-refractivity contribution in [2.45, 2.75) is 127 Å². The van der Waals surface area contributed by atoms with Gasteiger partial charge in [0, 0.05) is 30.9 Å². The average molecular weight is 1010 g/mol. The summed E-state index contributed by atoms with van der Waals surface area (Å²) in [6.07, 6.45) is -0.901. The van der Waals surface area contributed by atoms with Crippen LogP contribution in [0.2, 0.25) is 0 Å². The van der Waals surface area contributed by atoms with E-state index in [1.165, 1.54) is 29.2 Å². The highest BCUT2D eigenvalue weighted by Crippen LogP contribution is 2.26. The third kappa shape index (κ3) is 18.7. The first kappa shape index (κ1) is 57.2. The SMILES string of the molecule is CC[C@H](C)[C@@H]1NC(=O)[C@H](Cc2ccc(O)cc2)NC(=O)[C@@H](N)CSSC[C@@H](C(=O)N2CCC[C@H]2C(=O)N[C@@H](CC(C)C)C(=O)NCC(N)=O)NC(=O)C[C@@H](C(=O)O)NC(=O)[C@H](CCC(N)=O)NC1=O. The van der Waals surface area contributed by atoms with Gasteiger partial charge in [0.15, 0.2) is 0 Å². The van der Waals surface area contributed by atoms with Gasteiger partial charge in [0.1, 0.15) is 48.0 Å². The summed E-state index contributed by atoms with van der Waals surface area (Å²) in [6.45, 7) is 6.57. The van der Waals surface area contributed by atoms with Crippen LogP contribution in [0, 0.1) is 11.8 Å². The lowest BCUT2D eigenvalue weighted by atomic mass is 9.96. The Hall–Kier alpha value is -6.15. The molecule has 15 N–H and O–H groups in total. The van der Waals surface area contributed by atoms with Crippen molar-refractivity contribution < 1.29 is 63.0 Å². The fourth-order valence-electron chi connectivity index (χ4n) is 7.30. The molecule has 1 aromatic rings. The Morgan fingerprint density at radius 1 is 0.826 bits per heavy atom. The van der Waals surface area contributed by atoms with E-state index in [0.29, 0.717) is 18.4 Å². The minimum atomic E-state index is -1.94. The second kappa shape index (κ2) is 27.7. The molecule has 2 fully saturated rings. The van der Waals surface area contributed by atoms with Crippen LogP contribution < -0.4 is 54.4 Å². The number of nitrogens with zero attached hydrogens (tertiary/aromatic N) is 1. The van der Waals surface area contributed by atoms with Gasteiger partial charge in [-0.05, 0) is 55.2 Å². The molecule has 0 bridgehead atoms. The summed E-state index contributed by atoms with van der Waals surface area (Å²) in [7, 11) is 2.03. The fourth-order valence-corrected chi connectivity index (χ4v) is 9.58. The number of phenolic OH excluding ortho intramolecular Hbond substituents is 1. The average Bonchev–Trinajstić information content (AvgIpc) is 3.79. The van der Waals surface area contributed by atoms with Crippen LogP contribution in [0.4, 0.5) is 0 Å². The van der Waals surface area contributed by atoms with Crippen LogP contribution in [0.5, 0.6) is 5.75 Å². The number of hydrogen-bond donors (Lipinski definition) is 12. The summed E-state index contributed by atoms with van der Waals surface area (Å²) in [5.74, 6) is -11.1. The van der Waals surface area contributed by atoms with Gasteiger partial charge in [0.25, 0.3) is 0 Å². The normalized spacial score (nSPS) is 24.5. The van der Waals surface area contributed by atoms with E-state index in [1.54, 1.807) is 13.8 Å². The molecule has 2 aliphatic rings. The van der Waals surface area contributed by atoms with E-state index in [9.17, 15) is 63.0 Å². The van der Waals surface area contributed by atoms with Gasteiger partial charge in [-0.25, -0.2) is 4.79 Å². The number of carbonyl (C=O) groups is 11. The van der Waals surface area contributed by atoms with Crippen LogP contribution in [0.3, 0.4) is 0 Å². The molecule has 2 saturated heterocycles. The molecule has 0 saturated carbocycles. The van der Waals surface area contributed by atoms with Crippen molar-refractivity contribution >= 4 is 86.6 Å². The lowest BCUT2D eigenvalue weighted by Gasteiger charge is -2.30. The summed E-state index contributed by atoms with van der Waals surface area (Å²) in [5.41, 5.74) is 17.3. The fraction of sp³-hybridized carbons (Fsp3) is 0.605. The molecule has 10 amide bonds. The first-order valence-electron chi connectivity index (χ1n) is 22.5. The maximum absolute atomic E-state index is 14.4. The first-order valence-corrected chi connectivity index (χ1v) is 25.0. The number of benzene rings is 1. The van der Waals surface area contributed by atoms with Crippen LogP contribution >= 0.6 is 21.6 Å². The topological polar surface area (TPSA) is 394 Å². The number of carbonyl (C=O) groups excluding carboxylic acids is 10. The number of hydrogen-bond acceptors (Lipinski definition) is 15. The number of rotatable bonds is 16. The number of carboxylic acid groups (broad SMARTS) is 1. The molecule has 0 spiro atoms. The Morgan fingerprint density at radius 2 is 1.46 bits per heavy atom. The van der Waals surface area contributed by atoms with Crippen molar-refractivity contribution in [2.24, 2.45) is 29.0 Å². The van der Waals surface area contributed by atoms with Gasteiger partial charge in [-0.1, -0.05) is 67.8 Å². The van der Waals surface area contributed by atoms with Gasteiger partial charge in [-0.2, -0.15) is 0 Å². The van der Waals surface area contributed by atoms with E-state index < -0.39 is 145 Å². The van der Waals surface area contributed by atoms with E-state index in [0.717, 1.165) is 21.6 Å². The number of primary amides is 2. The van der Waals surface area contributed by atoms with E-state index >= 15 is 0 Å². The zero-order valence-corrected chi connectivity index (χ0v) is 40.6. The molecule has 382 valence electrons. The Balaban J connectivity index is 2.01. The number of amides is 10. The monoisotopic (exact) mass is 1010 g/mol. The first-order chi connectivity index (χ1) is 32.5. The summed E-state index contributed by atoms with van der Waals surface area (Å²) in [5, 5.41) is 37.5. The molecule has 26 heteroatoms. The number of aliphatic carboxylic acids is 1. The molecular formula is C43H65N11O13S2. The lowest BCUT2D eigenvalue weighted by Crippen LogP contribution is -2.60. The van der Waals surface area contributed by atoms with Crippen LogP contribution in [-0.4, -0.2) is 153 Å². The van der Waals surface area contributed by atoms with Crippen molar-refractivity contribution in [3.05, 3.63) is 29.8 Å². The van der Waals surface area contributed by atoms with E-state index in [1.807, 2.05) is 13.8 Å². The molecule has 1 aromatic carbocycles. The molecule has 69 heavy (non-hydrogen) atoms. The number of aromatic hydroxyl groups is 1. The standard InChI is InChI=1S/C43H65N11O13S2/c1-5-22(4)35-41(64)49-26(12-13-32(45)56)38(61)52-29(43(66)67)17-34(58)48-30(20-69-68-19-25(44)36(59)50-28(39(62)53-35)16-23-8-10-24(55)11-9-23)42(65)54-14-6-7-31(54)40(63)51-27(15-21(2)3)37(60)47-18-33(46)57/h8-11,21-22,25-31,35,55H,5-7,12-20,44H2,1-4H3,(H2,45,56)(H2,46,57)(H,47,60)(H,48,58)(H,49,64)(H,50,59)(H,51,63)(H,52,61)(H,53,62)(H,66,67)/t22-,25-,26-,27-,28-,29-,30-,31-,35-/m0/s1. The molecular weight excluding hydrogens is 943 g/mol. The molecule has 24 nitrogen and oxygen atoms in total. The zero-order valence-electron chi connectivity index (χ0n) is 38.9. The maximum Gasteiger partial charge on any atom is 0.326 e. The van der Waals surface area contributed by atoms with Crippen molar-refractivity contribution in [1.29, 1.82) is 0 Å². The van der Waals surface area contributed by atoms with Crippen molar-refractivity contribution in [1.82, 2.24) is 42.1 Å².